The number of morpholine rings is 1. The van der Waals surface area contributed by atoms with Crippen molar-refractivity contribution >= 4 is 40.5 Å². The standard InChI is InChI=1S/C16H16ClFN2O2S/c1-9-7-20(8-10(2)22-9)16-19-15(21)14(23-16)6-11-12(17)4-3-5-13(11)18/h3-6,9-10H,7-8H2,1-2H3. The number of halogens is 2. The summed E-state index contributed by atoms with van der Waals surface area (Å²) < 4.78 is 19.6. The minimum Gasteiger partial charge on any atom is -0.372 e. The number of carbonyl (C=O) groups excluding carboxylic acids is 1. The Hall–Kier alpha value is -1.37. The van der Waals surface area contributed by atoms with Crippen molar-refractivity contribution in [3.8, 4) is 0 Å². The monoisotopic (exact) mass is 354 g/mol. The summed E-state index contributed by atoms with van der Waals surface area (Å²) in [5.74, 6) is -0.823. The summed E-state index contributed by atoms with van der Waals surface area (Å²) in [5.41, 5.74) is 0.213. The molecule has 2 heterocycles. The zero-order valence-corrected chi connectivity index (χ0v) is 14.3. The van der Waals surface area contributed by atoms with E-state index < -0.39 is 5.82 Å². The zero-order valence-electron chi connectivity index (χ0n) is 12.8. The molecule has 7 heteroatoms. The summed E-state index contributed by atoms with van der Waals surface area (Å²) in [6, 6.07) is 4.44. The molecule has 2 aliphatic heterocycles. The molecule has 1 aromatic carbocycles. The molecule has 4 nitrogen and oxygen atoms in total. The molecule has 2 atom stereocenters. The molecule has 0 bridgehead atoms. The Morgan fingerprint density at radius 3 is 2.74 bits per heavy atom. The number of amides is 1. The van der Waals surface area contributed by atoms with Crippen LogP contribution in [-0.4, -0.2) is 41.3 Å². The van der Waals surface area contributed by atoms with E-state index in [1.807, 2.05) is 18.7 Å². The zero-order chi connectivity index (χ0) is 16.6. The molecule has 1 amide bonds. The molecule has 1 fully saturated rings. The Morgan fingerprint density at radius 2 is 2.09 bits per heavy atom. The van der Waals surface area contributed by atoms with E-state index >= 15 is 0 Å². The van der Waals surface area contributed by atoms with Crippen LogP contribution in [0, 0.1) is 5.82 Å². The Kier molecular flexibility index (Phi) is 4.75. The van der Waals surface area contributed by atoms with Crippen LogP contribution in [0.2, 0.25) is 5.02 Å². The van der Waals surface area contributed by atoms with E-state index in [9.17, 15) is 9.18 Å². The van der Waals surface area contributed by atoms with Gasteiger partial charge in [0.1, 0.15) is 5.82 Å². The maximum atomic E-state index is 13.9. The molecule has 2 aliphatic rings. The number of carbonyl (C=O) groups is 1. The third kappa shape index (κ3) is 3.59. The molecular weight excluding hydrogens is 339 g/mol. The van der Waals surface area contributed by atoms with Crippen molar-refractivity contribution in [2.24, 2.45) is 4.99 Å². The Labute approximate surface area is 143 Å². The molecule has 2 unspecified atom stereocenters. The van der Waals surface area contributed by atoms with E-state index in [-0.39, 0.29) is 28.7 Å². The fourth-order valence-corrected chi connectivity index (χ4v) is 3.78. The second-order valence-electron chi connectivity index (χ2n) is 5.61. The Bertz CT molecular complexity index is 677. The van der Waals surface area contributed by atoms with Crippen molar-refractivity contribution in [1.82, 2.24) is 4.90 Å². The SMILES string of the molecule is CC1CN(C2=NC(=O)C(=Cc3c(F)cccc3Cl)S2)CC(C)O1. The summed E-state index contributed by atoms with van der Waals surface area (Å²) >= 11 is 7.26. The van der Waals surface area contributed by atoms with Gasteiger partial charge in [0.05, 0.1) is 22.1 Å². The van der Waals surface area contributed by atoms with E-state index in [1.165, 1.54) is 30.0 Å². The first-order chi connectivity index (χ1) is 10.9. The average Bonchev–Trinajstić information content (AvgIpc) is 2.83. The number of hydrogen-bond donors (Lipinski definition) is 0. The minimum atomic E-state index is -0.458. The Balaban J connectivity index is 1.81. The third-order valence-electron chi connectivity index (χ3n) is 3.57. The fourth-order valence-electron chi connectivity index (χ4n) is 2.65. The van der Waals surface area contributed by atoms with Gasteiger partial charge in [-0.05, 0) is 43.8 Å². The van der Waals surface area contributed by atoms with Crippen LogP contribution in [0.15, 0.2) is 28.1 Å². The molecule has 0 saturated carbocycles. The normalized spacial score (nSPS) is 26.8. The van der Waals surface area contributed by atoms with Crippen molar-refractivity contribution in [3.63, 3.8) is 0 Å². The quantitative estimate of drug-likeness (QED) is 0.723. The third-order valence-corrected chi connectivity index (χ3v) is 4.95. The van der Waals surface area contributed by atoms with Gasteiger partial charge in [-0.25, -0.2) is 4.39 Å². The lowest BCUT2D eigenvalue weighted by Gasteiger charge is -2.35. The van der Waals surface area contributed by atoms with Crippen molar-refractivity contribution in [2.45, 2.75) is 26.1 Å². The summed E-state index contributed by atoms with van der Waals surface area (Å²) in [7, 11) is 0. The molecule has 0 radical (unpaired) electrons. The van der Waals surface area contributed by atoms with Crippen molar-refractivity contribution in [1.29, 1.82) is 0 Å². The van der Waals surface area contributed by atoms with Gasteiger partial charge in [-0.2, -0.15) is 4.99 Å². The Morgan fingerprint density at radius 1 is 1.39 bits per heavy atom. The summed E-state index contributed by atoms with van der Waals surface area (Å²) in [6.45, 7) is 5.33. The predicted octanol–water partition coefficient (Wildman–Crippen LogP) is 3.56. The number of rotatable bonds is 1. The lowest BCUT2D eigenvalue weighted by atomic mass is 10.2. The van der Waals surface area contributed by atoms with Crippen LogP contribution in [-0.2, 0) is 9.53 Å². The average molecular weight is 355 g/mol. The number of thioether (sulfide) groups is 1. The lowest BCUT2D eigenvalue weighted by molar-refractivity contribution is -0.113. The van der Waals surface area contributed by atoms with Gasteiger partial charge in [-0.15, -0.1) is 0 Å². The molecular formula is C16H16ClFN2O2S. The highest BCUT2D eigenvalue weighted by Gasteiger charge is 2.31. The number of benzene rings is 1. The minimum absolute atomic E-state index is 0.0752. The number of hydrogen-bond acceptors (Lipinski definition) is 4. The maximum absolute atomic E-state index is 13.9. The van der Waals surface area contributed by atoms with Gasteiger partial charge in [0.15, 0.2) is 5.17 Å². The van der Waals surface area contributed by atoms with Gasteiger partial charge in [0.25, 0.3) is 5.91 Å². The van der Waals surface area contributed by atoms with Crippen LogP contribution in [0.4, 0.5) is 4.39 Å². The first-order valence-corrected chi connectivity index (χ1v) is 8.50. The van der Waals surface area contributed by atoms with Crippen LogP contribution in [0.1, 0.15) is 19.4 Å². The first kappa shape index (κ1) is 16.5. The number of nitrogens with zero attached hydrogens (tertiary/aromatic N) is 2. The van der Waals surface area contributed by atoms with Crippen LogP contribution in [0.3, 0.4) is 0 Å². The molecule has 3 rings (SSSR count). The summed E-state index contributed by atoms with van der Waals surface area (Å²) in [5, 5.41) is 0.906. The topological polar surface area (TPSA) is 41.9 Å². The molecule has 0 N–H and O–H groups in total. The molecule has 1 saturated heterocycles. The van der Waals surface area contributed by atoms with Gasteiger partial charge in [0, 0.05) is 18.7 Å². The van der Waals surface area contributed by atoms with E-state index in [2.05, 4.69) is 4.99 Å². The van der Waals surface area contributed by atoms with Crippen LogP contribution < -0.4 is 0 Å². The van der Waals surface area contributed by atoms with Gasteiger partial charge in [-0.1, -0.05) is 17.7 Å². The second kappa shape index (κ2) is 6.63. The van der Waals surface area contributed by atoms with Gasteiger partial charge >= 0.3 is 0 Å². The van der Waals surface area contributed by atoms with E-state index in [0.717, 1.165) is 0 Å². The van der Waals surface area contributed by atoms with Gasteiger partial charge in [0.2, 0.25) is 0 Å². The van der Waals surface area contributed by atoms with Gasteiger partial charge < -0.3 is 9.64 Å². The molecule has 0 spiro atoms. The highest BCUT2D eigenvalue weighted by atomic mass is 35.5. The molecule has 0 aromatic heterocycles. The molecule has 23 heavy (non-hydrogen) atoms. The van der Waals surface area contributed by atoms with Crippen molar-refractivity contribution in [3.05, 3.63) is 39.5 Å². The van der Waals surface area contributed by atoms with Crippen molar-refractivity contribution in [2.75, 3.05) is 13.1 Å². The molecule has 0 aliphatic carbocycles. The lowest BCUT2D eigenvalue weighted by Crippen LogP contribution is -2.47. The van der Waals surface area contributed by atoms with Crippen LogP contribution in [0.25, 0.3) is 6.08 Å². The first-order valence-electron chi connectivity index (χ1n) is 7.31. The number of amidine groups is 1. The number of aliphatic imine (C=N–C) groups is 1. The predicted molar refractivity (Wildman–Crippen MR) is 91.0 cm³/mol. The van der Waals surface area contributed by atoms with E-state index in [4.69, 9.17) is 16.3 Å². The van der Waals surface area contributed by atoms with Crippen molar-refractivity contribution < 1.29 is 13.9 Å². The van der Waals surface area contributed by atoms with E-state index in [0.29, 0.717) is 23.2 Å². The highest BCUT2D eigenvalue weighted by molar-refractivity contribution is 8.18. The van der Waals surface area contributed by atoms with Crippen LogP contribution >= 0.6 is 23.4 Å². The highest BCUT2D eigenvalue weighted by Crippen LogP contribution is 2.33. The van der Waals surface area contributed by atoms with Crippen LogP contribution in [0.5, 0.6) is 0 Å². The fraction of sp³-hybridized carbons (Fsp3) is 0.375. The summed E-state index contributed by atoms with van der Waals surface area (Å²) in [6.07, 6.45) is 1.62. The number of ether oxygens (including phenoxy) is 1. The molecule has 122 valence electrons. The summed E-state index contributed by atoms with van der Waals surface area (Å²) in [4.78, 5) is 18.6. The largest absolute Gasteiger partial charge is 0.372 e. The smallest absolute Gasteiger partial charge is 0.286 e. The maximum Gasteiger partial charge on any atom is 0.286 e. The molecule has 1 aromatic rings. The van der Waals surface area contributed by atoms with Gasteiger partial charge in [-0.3, -0.25) is 4.79 Å². The second-order valence-corrected chi connectivity index (χ2v) is 7.02. The van der Waals surface area contributed by atoms with E-state index in [1.54, 1.807) is 6.07 Å².